The first-order valence-electron chi connectivity index (χ1n) is 8.24. The minimum Gasteiger partial charge on any atom is -0.495 e. The highest BCUT2D eigenvalue weighted by atomic mass is 35.5. The number of methoxy groups -OCH3 is 1. The van der Waals surface area contributed by atoms with Gasteiger partial charge >= 0.3 is 0 Å². The van der Waals surface area contributed by atoms with Crippen molar-refractivity contribution >= 4 is 28.4 Å². The standard InChI is InChI=1S/C19H18ClN3O2/c1-25-18-8-12(4-6-16(18)20)19(24)21-9-14-13(11-2-3-11)5-7-17-15(14)10-22-23-17/h4-8,10-11H,2-3,9H2,1H3,(H,21,24)(H,22,23). The molecule has 1 amide bonds. The van der Waals surface area contributed by atoms with E-state index in [2.05, 4.69) is 27.6 Å². The number of amides is 1. The van der Waals surface area contributed by atoms with Crippen molar-refractivity contribution in [2.45, 2.75) is 25.3 Å². The minimum atomic E-state index is -0.155. The van der Waals surface area contributed by atoms with E-state index in [9.17, 15) is 4.79 Å². The summed E-state index contributed by atoms with van der Waals surface area (Å²) in [5.41, 5.74) is 3.96. The molecule has 0 radical (unpaired) electrons. The smallest absolute Gasteiger partial charge is 0.251 e. The summed E-state index contributed by atoms with van der Waals surface area (Å²) in [4.78, 5) is 12.5. The van der Waals surface area contributed by atoms with Gasteiger partial charge in [-0.2, -0.15) is 5.10 Å². The predicted molar refractivity (Wildman–Crippen MR) is 97.2 cm³/mol. The predicted octanol–water partition coefficient (Wildman–Crippen LogP) is 4.03. The summed E-state index contributed by atoms with van der Waals surface area (Å²) < 4.78 is 5.18. The largest absolute Gasteiger partial charge is 0.495 e. The molecule has 1 fully saturated rings. The Morgan fingerprint density at radius 3 is 2.96 bits per heavy atom. The number of ether oxygens (including phenoxy) is 1. The number of nitrogens with zero attached hydrogens (tertiary/aromatic N) is 1. The minimum absolute atomic E-state index is 0.155. The van der Waals surface area contributed by atoms with Crippen LogP contribution < -0.4 is 10.1 Å². The summed E-state index contributed by atoms with van der Waals surface area (Å²) in [7, 11) is 1.53. The fraction of sp³-hybridized carbons (Fsp3) is 0.263. The molecule has 2 N–H and O–H groups in total. The van der Waals surface area contributed by atoms with Crippen molar-refractivity contribution in [3.63, 3.8) is 0 Å². The van der Waals surface area contributed by atoms with Gasteiger partial charge in [-0.25, -0.2) is 0 Å². The number of rotatable bonds is 5. The van der Waals surface area contributed by atoms with Gasteiger partial charge in [-0.1, -0.05) is 17.7 Å². The zero-order chi connectivity index (χ0) is 17.4. The van der Waals surface area contributed by atoms with Crippen LogP contribution in [0.25, 0.3) is 10.9 Å². The van der Waals surface area contributed by atoms with Crippen LogP contribution in [0.5, 0.6) is 5.75 Å². The van der Waals surface area contributed by atoms with Gasteiger partial charge in [0.05, 0.1) is 23.8 Å². The van der Waals surface area contributed by atoms with Gasteiger partial charge in [0.15, 0.2) is 0 Å². The second-order valence-electron chi connectivity index (χ2n) is 6.27. The summed E-state index contributed by atoms with van der Waals surface area (Å²) in [5.74, 6) is 0.934. The zero-order valence-electron chi connectivity index (χ0n) is 13.8. The number of hydrogen-bond donors (Lipinski definition) is 2. The molecule has 0 bridgehead atoms. The second-order valence-corrected chi connectivity index (χ2v) is 6.68. The maximum Gasteiger partial charge on any atom is 0.251 e. The molecule has 5 nitrogen and oxygen atoms in total. The Kier molecular flexibility index (Phi) is 4.09. The Hall–Kier alpha value is -2.53. The van der Waals surface area contributed by atoms with E-state index in [0.717, 1.165) is 16.5 Å². The van der Waals surface area contributed by atoms with Gasteiger partial charge in [-0.3, -0.25) is 9.89 Å². The third kappa shape index (κ3) is 3.07. The van der Waals surface area contributed by atoms with E-state index in [0.29, 0.717) is 28.8 Å². The maximum atomic E-state index is 12.5. The van der Waals surface area contributed by atoms with Gasteiger partial charge in [0.1, 0.15) is 5.75 Å². The molecule has 1 aliphatic rings. The average molecular weight is 356 g/mol. The summed E-state index contributed by atoms with van der Waals surface area (Å²) in [6, 6.07) is 9.22. The molecule has 1 heterocycles. The SMILES string of the molecule is COc1cc(C(=O)NCc2c(C3CC3)ccc3[nH]ncc23)ccc1Cl. The van der Waals surface area contributed by atoms with Crippen molar-refractivity contribution in [2.75, 3.05) is 7.11 Å². The lowest BCUT2D eigenvalue weighted by Crippen LogP contribution is -2.23. The van der Waals surface area contributed by atoms with Gasteiger partial charge in [-0.05, 0) is 54.2 Å². The van der Waals surface area contributed by atoms with E-state index in [1.807, 2.05) is 6.20 Å². The van der Waals surface area contributed by atoms with Crippen LogP contribution in [-0.2, 0) is 6.54 Å². The molecule has 0 saturated heterocycles. The van der Waals surface area contributed by atoms with Crippen LogP contribution in [0.3, 0.4) is 0 Å². The first-order valence-corrected chi connectivity index (χ1v) is 8.61. The Morgan fingerprint density at radius 1 is 1.36 bits per heavy atom. The van der Waals surface area contributed by atoms with Gasteiger partial charge < -0.3 is 10.1 Å². The molecule has 1 saturated carbocycles. The number of carbonyl (C=O) groups is 1. The molecule has 0 atom stereocenters. The zero-order valence-corrected chi connectivity index (χ0v) is 14.6. The van der Waals surface area contributed by atoms with E-state index in [1.165, 1.54) is 25.5 Å². The topological polar surface area (TPSA) is 67.0 Å². The lowest BCUT2D eigenvalue weighted by atomic mass is 9.99. The molecular weight excluding hydrogens is 338 g/mol. The van der Waals surface area contributed by atoms with Gasteiger partial charge in [0.25, 0.3) is 5.91 Å². The van der Waals surface area contributed by atoms with Crippen molar-refractivity contribution in [1.82, 2.24) is 15.5 Å². The van der Waals surface area contributed by atoms with Crippen LogP contribution >= 0.6 is 11.6 Å². The monoisotopic (exact) mass is 355 g/mol. The van der Waals surface area contributed by atoms with Crippen LogP contribution in [0.4, 0.5) is 0 Å². The van der Waals surface area contributed by atoms with Crippen LogP contribution in [0.15, 0.2) is 36.5 Å². The summed E-state index contributed by atoms with van der Waals surface area (Å²) in [6.45, 7) is 0.465. The average Bonchev–Trinajstić information content (AvgIpc) is 3.36. The molecule has 128 valence electrons. The van der Waals surface area contributed by atoms with Crippen molar-refractivity contribution in [2.24, 2.45) is 0 Å². The van der Waals surface area contributed by atoms with Crippen LogP contribution in [0, 0.1) is 0 Å². The van der Waals surface area contributed by atoms with Crippen molar-refractivity contribution in [1.29, 1.82) is 0 Å². The Bertz CT molecular complexity index is 947. The number of H-pyrrole nitrogens is 1. The van der Waals surface area contributed by atoms with Gasteiger partial charge in [-0.15, -0.1) is 0 Å². The number of hydrogen-bond acceptors (Lipinski definition) is 3. The molecule has 0 aliphatic heterocycles. The molecular formula is C19H18ClN3O2. The number of aromatic nitrogens is 2. The third-order valence-corrected chi connectivity index (χ3v) is 4.94. The van der Waals surface area contributed by atoms with Gasteiger partial charge in [0, 0.05) is 17.5 Å². The fourth-order valence-electron chi connectivity index (χ4n) is 3.14. The summed E-state index contributed by atoms with van der Waals surface area (Å²) in [6.07, 6.45) is 4.24. The highest BCUT2D eigenvalue weighted by Crippen LogP contribution is 2.43. The molecule has 2 aromatic carbocycles. The Labute approximate surface area is 150 Å². The molecule has 1 aromatic heterocycles. The van der Waals surface area contributed by atoms with E-state index in [4.69, 9.17) is 16.3 Å². The first-order chi connectivity index (χ1) is 12.2. The van der Waals surface area contributed by atoms with Crippen molar-refractivity contribution in [3.05, 3.63) is 58.2 Å². The quantitative estimate of drug-likeness (QED) is 0.726. The first kappa shape index (κ1) is 16.0. The lowest BCUT2D eigenvalue weighted by molar-refractivity contribution is 0.0950. The number of aromatic amines is 1. The highest BCUT2D eigenvalue weighted by molar-refractivity contribution is 6.32. The number of nitrogens with one attached hydrogen (secondary N) is 2. The fourth-order valence-corrected chi connectivity index (χ4v) is 3.33. The Balaban J connectivity index is 1.59. The van der Waals surface area contributed by atoms with E-state index in [1.54, 1.807) is 18.2 Å². The number of carbonyl (C=O) groups excluding carboxylic acids is 1. The molecule has 4 rings (SSSR count). The Morgan fingerprint density at radius 2 is 2.20 bits per heavy atom. The number of halogens is 1. The van der Waals surface area contributed by atoms with E-state index >= 15 is 0 Å². The molecule has 25 heavy (non-hydrogen) atoms. The highest BCUT2D eigenvalue weighted by Gasteiger charge is 2.27. The molecule has 0 spiro atoms. The van der Waals surface area contributed by atoms with Crippen LogP contribution in [0.2, 0.25) is 5.02 Å². The molecule has 1 aliphatic carbocycles. The van der Waals surface area contributed by atoms with E-state index < -0.39 is 0 Å². The lowest BCUT2D eigenvalue weighted by Gasteiger charge is -2.12. The summed E-state index contributed by atoms with van der Waals surface area (Å²) in [5, 5.41) is 11.7. The second kappa shape index (κ2) is 6.41. The van der Waals surface area contributed by atoms with Crippen LogP contribution in [0.1, 0.15) is 40.2 Å². The van der Waals surface area contributed by atoms with Crippen molar-refractivity contribution < 1.29 is 9.53 Å². The molecule has 6 heteroatoms. The summed E-state index contributed by atoms with van der Waals surface area (Å²) >= 11 is 6.02. The van der Waals surface area contributed by atoms with E-state index in [-0.39, 0.29) is 5.91 Å². The van der Waals surface area contributed by atoms with Crippen molar-refractivity contribution in [3.8, 4) is 5.75 Å². The molecule has 0 unspecified atom stereocenters. The molecule has 3 aromatic rings. The maximum absolute atomic E-state index is 12.5. The van der Waals surface area contributed by atoms with Crippen LogP contribution in [-0.4, -0.2) is 23.2 Å². The number of fused-ring (bicyclic) bond motifs is 1. The third-order valence-electron chi connectivity index (χ3n) is 4.63. The van der Waals surface area contributed by atoms with Gasteiger partial charge in [0.2, 0.25) is 0 Å². The number of benzene rings is 2. The normalized spacial score (nSPS) is 13.8.